The van der Waals surface area contributed by atoms with Crippen molar-refractivity contribution < 1.29 is 5.11 Å². The minimum atomic E-state index is 0.283. The Kier molecular flexibility index (Phi) is 2.64. The third-order valence-corrected chi connectivity index (χ3v) is 3.75. The van der Waals surface area contributed by atoms with Gasteiger partial charge >= 0.3 is 0 Å². The van der Waals surface area contributed by atoms with E-state index in [1.807, 2.05) is 30.3 Å². The summed E-state index contributed by atoms with van der Waals surface area (Å²) in [6.45, 7) is 0. The molecule has 90 valence electrons. The largest absolute Gasteiger partial charge is 0.507 e. The molecule has 0 bridgehead atoms. The van der Waals surface area contributed by atoms with Crippen molar-refractivity contribution in [3.8, 4) is 5.75 Å². The van der Waals surface area contributed by atoms with Crippen molar-refractivity contribution in [3.63, 3.8) is 0 Å². The van der Waals surface area contributed by atoms with Gasteiger partial charge in [-0.25, -0.2) is 4.68 Å². The van der Waals surface area contributed by atoms with Gasteiger partial charge in [0.15, 0.2) is 0 Å². The lowest BCUT2D eigenvalue weighted by molar-refractivity contribution is 0.481. The van der Waals surface area contributed by atoms with Crippen LogP contribution < -0.4 is 0 Å². The minimum Gasteiger partial charge on any atom is -0.507 e. The molecule has 0 spiro atoms. The van der Waals surface area contributed by atoms with Gasteiger partial charge in [0.05, 0.1) is 0 Å². The van der Waals surface area contributed by atoms with Gasteiger partial charge in [-0.05, 0) is 39.7 Å². The second-order valence-electron chi connectivity index (χ2n) is 3.82. The highest BCUT2D eigenvalue weighted by Gasteiger charge is 2.09. The third kappa shape index (κ3) is 1.80. The molecule has 1 N–H and O–H groups in total. The fourth-order valence-corrected chi connectivity index (χ4v) is 2.62. The molecular weight excluding hydrogens is 248 g/mol. The lowest BCUT2D eigenvalue weighted by Gasteiger charge is -2.06. The first kappa shape index (κ1) is 11.0. The van der Waals surface area contributed by atoms with E-state index < -0.39 is 0 Å². The Morgan fingerprint density at radius 3 is 2.61 bits per heavy atom. The summed E-state index contributed by atoms with van der Waals surface area (Å²) in [4.78, 5) is 1.02. The van der Waals surface area contributed by atoms with E-state index in [-0.39, 0.29) is 5.75 Å². The summed E-state index contributed by atoms with van der Waals surface area (Å²) in [7, 11) is 1.80. The van der Waals surface area contributed by atoms with Crippen molar-refractivity contribution in [1.82, 2.24) is 20.2 Å². The van der Waals surface area contributed by atoms with Crippen LogP contribution in [0.2, 0.25) is 0 Å². The standard InChI is InChI=1S/C12H10N4OS/c1-16-12(13-14-15-16)18-11-7-6-10(17)8-4-2-3-5-9(8)11/h2-7,17H,1H3. The molecule has 0 aliphatic carbocycles. The molecule has 0 saturated heterocycles. The molecule has 0 aliphatic heterocycles. The zero-order valence-corrected chi connectivity index (χ0v) is 10.4. The average Bonchev–Trinajstić information content (AvgIpc) is 2.79. The van der Waals surface area contributed by atoms with Crippen LogP contribution in [0.15, 0.2) is 46.5 Å². The normalized spacial score (nSPS) is 10.9. The first-order valence-electron chi connectivity index (χ1n) is 5.36. The van der Waals surface area contributed by atoms with Gasteiger partial charge in [0.1, 0.15) is 5.75 Å². The molecule has 0 unspecified atom stereocenters. The summed E-state index contributed by atoms with van der Waals surface area (Å²) in [5.74, 6) is 0.283. The van der Waals surface area contributed by atoms with Gasteiger partial charge < -0.3 is 5.11 Å². The Balaban J connectivity index is 2.13. The van der Waals surface area contributed by atoms with Gasteiger partial charge in [-0.1, -0.05) is 24.3 Å². The molecule has 5 nitrogen and oxygen atoms in total. The van der Waals surface area contributed by atoms with Crippen LogP contribution >= 0.6 is 11.8 Å². The summed E-state index contributed by atoms with van der Waals surface area (Å²) >= 11 is 1.47. The van der Waals surface area contributed by atoms with E-state index >= 15 is 0 Å². The fourth-order valence-electron chi connectivity index (χ4n) is 1.75. The molecule has 1 aromatic heterocycles. The molecule has 0 saturated carbocycles. The van der Waals surface area contributed by atoms with Crippen LogP contribution in [0.4, 0.5) is 0 Å². The first-order chi connectivity index (χ1) is 8.75. The van der Waals surface area contributed by atoms with Crippen LogP contribution in [0.25, 0.3) is 10.8 Å². The highest BCUT2D eigenvalue weighted by Crippen LogP contribution is 2.35. The second kappa shape index (κ2) is 4.30. The van der Waals surface area contributed by atoms with Gasteiger partial charge in [0.25, 0.3) is 0 Å². The molecule has 2 aromatic carbocycles. The smallest absolute Gasteiger partial charge is 0.213 e. The number of nitrogens with zero attached hydrogens (tertiary/aromatic N) is 4. The van der Waals surface area contributed by atoms with Gasteiger partial charge in [-0.2, -0.15) is 0 Å². The lowest BCUT2D eigenvalue weighted by Crippen LogP contribution is -1.92. The van der Waals surface area contributed by atoms with Gasteiger partial charge in [-0.15, -0.1) is 5.10 Å². The topological polar surface area (TPSA) is 63.8 Å². The quantitative estimate of drug-likeness (QED) is 0.763. The van der Waals surface area contributed by atoms with Crippen molar-refractivity contribution in [1.29, 1.82) is 0 Å². The fraction of sp³-hybridized carbons (Fsp3) is 0.0833. The van der Waals surface area contributed by atoms with Crippen LogP contribution in [-0.2, 0) is 7.05 Å². The predicted octanol–water partition coefficient (Wildman–Crippen LogP) is 2.22. The van der Waals surface area contributed by atoms with Crippen LogP contribution in [0, 0.1) is 0 Å². The van der Waals surface area contributed by atoms with E-state index in [9.17, 15) is 5.11 Å². The van der Waals surface area contributed by atoms with Gasteiger partial charge in [0, 0.05) is 17.3 Å². The molecule has 1 heterocycles. The van der Waals surface area contributed by atoms with Crippen LogP contribution in [0.5, 0.6) is 5.75 Å². The molecule has 6 heteroatoms. The molecule has 0 atom stereocenters. The average molecular weight is 258 g/mol. The third-order valence-electron chi connectivity index (χ3n) is 2.64. The maximum Gasteiger partial charge on any atom is 0.213 e. The van der Waals surface area contributed by atoms with E-state index in [1.54, 1.807) is 17.8 Å². The number of benzene rings is 2. The van der Waals surface area contributed by atoms with Crippen molar-refractivity contribution >= 4 is 22.5 Å². The van der Waals surface area contributed by atoms with Crippen molar-refractivity contribution in [3.05, 3.63) is 36.4 Å². The lowest BCUT2D eigenvalue weighted by atomic mass is 10.1. The zero-order valence-electron chi connectivity index (χ0n) is 9.61. The van der Waals surface area contributed by atoms with Gasteiger partial charge in [0.2, 0.25) is 5.16 Å². The number of phenols is 1. The Labute approximate surface area is 107 Å². The van der Waals surface area contributed by atoms with E-state index in [4.69, 9.17) is 0 Å². The van der Waals surface area contributed by atoms with E-state index in [0.29, 0.717) is 5.16 Å². The van der Waals surface area contributed by atoms with Gasteiger partial charge in [-0.3, -0.25) is 0 Å². The summed E-state index contributed by atoms with van der Waals surface area (Å²) < 4.78 is 1.62. The highest BCUT2D eigenvalue weighted by atomic mass is 32.2. The number of aryl methyl sites for hydroxylation is 1. The van der Waals surface area contributed by atoms with Crippen LogP contribution in [-0.4, -0.2) is 25.3 Å². The van der Waals surface area contributed by atoms with Crippen LogP contribution in [0.3, 0.4) is 0 Å². The number of hydrogen-bond acceptors (Lipinski definition) is 5. The Hall–Kier alpha value is -2.08. The molecule has 0 fully saturated rings. The number of phenolic OH excluding ortho intramolecular Hbond substituents is 1. The molecule has 3 rings (SSSR count). The molecule has 0 aliphatic rings. The van der Waals surface area contributed by atoms with Crippen molar-refractivity contribution in [2.45, 2.75) is 10.1 Å². The molecule has 3 aromatic rings. The molecular formula is C12H10N4OS. The van der Waals surface area contributed by atoms with E-state index in [2.05, 4.69) is 15.5 Å². The minimum absolute atomic E-state index is 0.283. The number of rotatable bonds is 2. The van der Waals surface area contributed by atoms with Crippen LogP contribution in [0.1, 0.15) is 0 Å². The maximum absolute atomic E-state index is 9.82. The Morgan fingerprint density at radius 1 is 1.11 bits per heavy atom. The summed E-state index contributed by atoms with van der Waals surface area (Å²) in [6.07, 6.45) is 0. The monoisotopic (exact) mass is 258 g/mol. The van der Waals surface area contributed by atoms with E-state index in [0.717, 1.165) is 15.7 Å². The zero-order chi connectivity index (χ0) is 12.5. The first-order valence-corrected chi connectivity index (χ1v) is 6.18. The van der Waals surface area contributed by atoms with Crippen molar-refractivity contribution in [2.24, 2.45) is 7.05 Å². The molecule has 0 radical (unpaired) electrons. The SMILES string of the molecule is Cn1nnnc1Sc1ccc(O)c2ccccc12. The summed E-state index contributed by atoms with van der Waals surface area (Å²) in [5.41, 5.74) is 0. The Bertz CT molecular complexity index is 710. The number of hydrogen-bond donors (Lipinski definition) is 1. The molecule has 18 heavy (non-hydrogen) atoms. The predicted molar refractivity (Wildman–Crippen MR) is 68.5 cm³/mol. The van der Waals surface area contributed by atoms with Crippen molar-refractivity contribution in [2.75, 3.05) is 0 Å². The highest BCUT2D eigenvalue weighted by molar-refractivity contribution is 7.99. The van der Waals surface area contributed by atoms with E-state index in [1.165, 1.54) is 11.8 Å². The number of aromatic nitrogens is 4. The second-order valence-corrected chi connectivity index (χ2v) is 4.82. The summed E-state index contributed by atoms with van der Waals surface area (Å²) in [5, 5.41) is 23.7. The number of aromatic hydroxyl groups is 1. The maximum atomic E-state index is 9.82. The number of tetrazole rings is 1. The Morgan fingerprint density at radius 2 is 1.89 bits per heavy atom. The summed E-state index contributed by atoms with van der Waals surface area (Å²) in [6, 6.07) is 11.3. The molecule has 0 amide bonds. The number of fused-ring (bicyclic) bond motifs is 1.